The highest BCUT2D eigenvalue weighted by atomic mass is 16.7. The fourth-order valence-electron chi connectivity index (χ4n) is 11.1. The molecule has 2 aliphatic heterocycles. The SMILES string of the molecule is CCN1CC2CCC(OC)C34C5CC6C(O)CC7(OCOC7(C(OC(C)=O)C23)C14)C5C6OC. The molecule has 0 aromatic carbocycles. The fourth-order valence-corrected chi connectivity index (χ4v) is 11.1. The summed E-state index contributed by atoms with van der Waals surface area (Å²) in [4.78, 5) is 15.2. The molecule has 184 valence electrons. The molecule has 8 heteroatoms. The number of aliphatic hydroxyl groups excluding tert-OH is 1. The summed E-state index contributed by atoms with van der Waals surface area (Å²) in [6.45, 7) is 5.78. The number of ether oxygens (including phenoxy) is 5. The Morgan fingerprint density at radius 1 is 1.18 bits per heavy atom. The molecular weight excluding hydrogens is 426 g/mol. The highest BCUT2D eigenvalue weighted by molar-refractivity contribution is 5.67. The first-order chi connectivity index (χ1) is 15.9. The molecule has 2 heterocycles. The van der Waals surface area contributed by atoms with Gasteiger partial charge in [-0.2, -0.15) is 0 Å². The second-order valence-electron chi connectivity index (χ2n) is 11.7. The molecule has 7 rings (SSSR count). The minimum atomic E-state index is -0.830. The first-order valence-corrected chi connectivity index (χ1v) is 12.8. The Kier molecular flexibility index (Phi) is 4.37. The molecule has 7 bridgehead atoms. The number of aliphatic hydroxyl groups is 1. The molecule has 8 nitrogen and oxygen atoms in total. The number of carbonyl (C=O) groups is 1. The molecule has 13 unspecified atom stereocenters. The van der Waals surface area contributed by atoms with E-state index in [1.54, 1.807) is 7.11 Å². The second kappa shape index (κ2) is 6.71. The molecule has 2 saturated heterocycles. The smallest absolute Gasteiger partial charge is 0.303 e. The molecule has 5 saturated carbocycles. The van der Waals surface area contributed by atoms with Gasteiger partial charge < -0.3 is 28.8 Å². The summed E-state index contributed by atoms with van der Waals surface area (Å²) in [7, 11) is 3.61. The Morgan fingerprint density at radius 2 is 2.00 bits per heavy atom. The predicted molar refractivity (Wildman–Crippen MR) is 115 cm³/mol. The maximum absolute atomic E-state index is 12.6. The highest BCUT2D eigenvalue weighted by Crippen LogP contribution is 2.81. The number of piperidine rings is 1. The van der Waals surface area contributed by atoms with Crippen molar-refractivity contribution in [2.24, 2.45) is 35.0 Å². The largest absolute Gasteiger partial charge is 0.459 e. The van der Waals surface area contributed by atoms with Crippen LogP contribution in [0.2, 0.25) is 0 Å². The summed E-state index contributed by atoms with van der Waals surface area (Å²) in [5.74, 6) is 0.749. The lowest BCUT2D eigenvalue weighted by atomic mass is 9.45. The molecule has 1 N–H and O–H groups in total. The first kappa shape index (κ1) is 21.5. The van der Waals surface area contributed by atoms with E-state index in [1.807, 2.05) is 7.11 Å². The monoisotopic (exact) mass is 463 g/mol. The van der Waals surface area contributed by atoms with Crippen LogP contribution in [0.5, 0.6) is 0 Å². The third-order valence-corrected chi connectivity index (χ3v) is 11.4. The molecule has 0 radical (unpaired) electrons. The van der Waals surface area contributed by atoms with Crippen LogP contribution in [0.25, 0.3) is 0 Å². The normalized spacial score (nSPS) is 60.0. The van der Waals surface area contributed by atoms with Gasteiger partial charge in [0.05, 0.1) is 24.4 Å². The van der Waals surface area contributed by atoms with Crippen molar-refractivity contribution >= 4 is 5.97 Å². The van der Waals surface area contributed by atoms with E-state index in [9.17, 15) is 9.90 Å². The Morgan fingerprint density at radius 3 is 2.70 bits per heavy atom. The van der Waals surface area contributed by atoms with Gasteiger partial charge in [-0.25, -0.2) is 0 Å². The molecule has 7 fully saturated rings. The number of rotatable bonds is 4. The predicted octanol–water partition coefficient (Wildman–Crippen LogP) is 1.19. The summed E-state index contributed by atoms with van der Waals surface area (Å²) in [5.41, 5.74) is -1.79. The van der Waals surface area contributed by atoms with E-state index in [0.29, 0.717) is 12.3 Å². The Labute approximate surface area is 195 Å². The van der Waals surface area contributed by atoms with Gasteiger partial charge in [-0.05, 0) is 37.6 Å². The van der Waals surface area contributed by atoms with Crippen molar-refractivity contribution in [3.8, 4) is 0 Å². The number of esters is 1. The van der Waals surface area contributed by atoms with Crippen molar-refractivity contribution in [1.29, 1.82) is 0 Å². The van der Waals surface area contributed by atoms with E-state index in [-0.39, 0.29) is 60.1 Å². The van der Waals surface area contributed by atoms with Crippen LogP contribution in [0.15, 0.2) is 0 Å². The zero-order valence-electron chi connectivity index (χ0n) is 20.1. The van der Waals surface area contributed by atoms with Crippen LogP contribution in [0.1, 0.15) is 39.5 Å². The van der Waals surface area contributed by atoms with E-state index in [0.717, 1.165) is 32.4 Å². The lowest BCUT2D eigenvalue weighted by Crippen LogP contribution is -2.80. The molecule has 33 heavy (non-hydrogen) atoms. The molecule has 0 amide bonds. The number of hydrogen-bond acceptors (Lipinski definition) is 8. The van der Waals surface area contributed by atoms with Gasteiger partial charge in [-0.1, -0.05) is 6.92 Å². The van der Waals surface area contributed by atoms with Crippen LogP contribution in [-0.4, -0.2) is 91.7 Å². The zero-order chi connectivity index (χ0) is 22.9. The quantitative estimate of drug-likeness (QED) is 0.623. The third-order valence-electron chi connectivity index (χ3n) is 11.4. The number of nitrogens with zero attached hydrogens (tertiary/aromatic N) is 1. The summed E-state index contributed by atoms with van der Waals surface area (Å²) in [5, 5.41) is 11.4. The summed E-state index contributed by atoms with van der Waals surface area (Å²) in [6.07, 6.45) is 2.50. The summed E-state index contributed by atoms with van der Waals surface area (Å²) in [6, 6.07) is 0.0242. The number of methoxy groups -OCH3 is 2. The highest BCUT2D eigenvalue weighted by Gasteiger charge is 2.93. The van der Waals surface area contributed by atoms with E-state index in [2.05, 4.69) is 11.8 Å². The average molecular weight is 464 g/mol. The molecule has 13 atom stereocenters. The molecular formula is C25H37NO7. The van der Waals surface area contributed by atoms with E-state index >= 15 is 0 Å². The van der Waals surface area contributed by atoms with Gasteiger partial charge in [0.15, 0.2) is 5.60 Å². The minimum Gasteiger partial charge on any atom is -0.459 e. The standard InChI is InChI=1S/C25H37NO7/c1-5-26-10-13-6-7-17(29-3)24-15-8-14-16(28)9-23(19(15)20(14)30-4)25(22(24)26,32-11-31-23)21(18(13)24)33-12(2)27/h13-22,28H,5-11H2,1-4H3. The number of hydrogen-bond donors (Lipinski definition) is 1. The van der Waals surface area contributed by atoms with Crippen molar-refractivity contribution < 1.29 is 33.6 Å². The third kappa shape index (κ3) is 2.04. The molecule has 3 spiro atoms. The van der Waals surface area contributed by atoms with E-state index in [1.165, 1.54) is 6.92 Å². The number of likely N-dealkylation sites (tertiary alicyclic amines) is 1. The molecule has 5 aliphatic carbocycles. The van der Waals surface area contributed by atoms with Crippen molar-refractivity contribution in [2.75, 3.05) is 34.1 Å². The maximum atomic E-state index is 12.6. The van der Waals surface area contributed by atoms with Gasteiger partial charge in [0, 0.05) is 57.3 Å². The van der Waals surface area contributed by atoms with Crippen molar-refractivity contribution in [3.63, 3.8) is 0 Å². The van der Waals surface area contributed by atoms with Gasteiger partial charge in [0.1, 0.15) is 18.5 Å². The van der Waals surface area contributed by atoms with Crippen molar-refractivity contribution in [2.45, 2.75) is 81.2 Å². The zero-order valence-corrected chi connectivity index (χ0v) is 20.1. The van der Waals surface area contributed by atoms with Crippen LogP contribution in [0.3, 0.4) is 0 Å². The molecule has 0 aromatic heterocycles. The number of likely N-dealkylation sites (N-methyl/N-ethyl adjacent to an activating group) is 1. The Balaban J connectivity index is 1.56. The van der Waals surface area contributed by atoms with Gasteiger partial charge in [-0.15, -0.1) is 0 Å². The van der Waals surface area contributed by atoms with Crippen molar-refractivity contribution in [3.05, 3.63) is 0 Å². The van der Waals surface area contributed by atoms with E-state index in [4.69, 9.17) is 23.7 Å². The van der Waals surface area contributed by atoms with Gasteiger partial charge in [0.2, 0.25) is 0 Å². The van der Waals surface area contributed by atoms with E-state index < -0.39 is 23.4 Å². The van der Waals surface area contributed by atoms with Crippen LogP contribution in [-0.2, 0) is 28.5 Å². The lowest BCUT2D eigenvalue weighted by molar-refractivity contribution is -0.274. The summed E-state index contributed by atoms with van der Waals surface area (Å²) < 4.78 is 32.3. The minimum absolute atomic E-state index is 0.0242. The Bertz CT molecular complexity index is 870. The van der Waals surface area contributed by atoms with Gasteiger partial charge in [-0.3, -0.25) is 9.69 Å². The molecule has 0 aromatic rings. The lowest BCUT2D eigenvalue weighted by Gasteiger charge is -2.67. The number of carbonyl (C=O) groups excluding carboxylic acids is 1. The van der Waals surface area contributed by atoms with Crippen molar-refractivity contribution in [1.82, 2.24) is 4.90 Å². The average Bonchev–Trinajstić information content (AvgIpc) is 3.37. The first-order valence-electron chi connectivity index (χ1n) is 12.8. The van der Waals surface area contributed by atoms with Gasteiger partial charge >= 0.3 is 5.97 Å². The van der Waals surface area contributed by atoms with Crippen LogP contribution in [0.4, 0.5) is 0 Å². The Hall–Kier alpha value is -0.770. The maximum Gasteiger partial charge on any atom is 0.303 e. The van der Waals surface area contributed by atoms with Crippen LogP contribution >= 0.6 is 0 Å². The van der Waals surface area contributed by atoms with Crippen LogP contribution in [0, 0.1) is 35.0 Å². The summed E-state index contributed by atoms with van der Waals surface area (Å²) >= 11 is 0. The van der Waals surface area contributed by atoms with Crippen LogP contribution < -0.4 is 0 Å². The van der Waals surface area contributed by atoms with Gasteiger partial charge in [0.25, 0.3) is 0 Å². The fraction of sp³-hybridized carbons (Fsp3) is 0.960. The number of fused-ring (bicyclic) bond motifs is 1. The second-order valence-corrected chi connectivity index (χ2v) is 11.7. The topological polar surface area (TPSA) is 86.7 Å². The molecule has 7 aliphatic rings.